The second-order valence-corrected chi connectivity index (χ2v) is 6.40. The topological polar surface area (TPSA) is 78.1 Å². The van der Waals surface area contributed by atoms with Gasteiger partial charge in [0.25, 0.3) is 22.2 Å². The molecule has 2 heterocycles. The smallest absolute Gasteiger partial charge is 0.266 e. The van der Waals surface area contributed by atoms with E-state index in [0.29, 0.717) is 5.69 Å². The van der Waals surface area contributed by atoms with Crippen LogP contribution in [-0.4, -0.2) is 9.13 Å². The molecule has 0 unspecified atom stereocenters. The average molecular weight is 334 g/mol. The molecule has 0 saturated heterocycles. The number of hydrogen-bond acceptors (Lipinski definition) is 4. The highest BCUT2D eigenvalue weighted by Crippen LogP contribution is 2.17. The first kappa shape index (κ1) is 15.3. The van der Waals surface area contributed by atoms with E-state index >= 15 is 0 Å². The van der Waals surface area contributed by atoms with Crippen molar-refractivity contribution in [2.45, 2.75) is 13.8 Å². The zero-order chi connectivity index (χ0) is 18.0. The third-order valence-electron chi connectivity index (χ3n) is 4.56. The van der Waals surface area contributed by atoms with Crippen molar-refractivity contribution in [3.63, 3.8) is 0 Å². The Morgan fingerprint density at radius 2 is 1.00 bits per heavy atom. The van der Waals surface area contributed by atoms with Crippen LogP contribution < -0.4 is 22.2 Å². The minimum absolute atomic E-state index is 0.152. The van der Waals surface area contributed by atoms with Gasteiger partial charge in [0.05, 0.1) is 27.2 Å². The molecule has 4 aromatic rings. The lowest BCUT2D eigenvalue weighted by atomic mass is 10.1. The van der Waals surface area contributed by atoms with Crippen LogP contribution in [0.5, 0.6) is 0 Å². The fourth-order valence-electron chi connectivity index (χ4n) is 3.41. The van der Waals surface area contributed by atoms with Gasteiger partial charge in [-0.2, -0.15) is 0 Å². The van der Waals surface area contributed by atoms with Gasteiger partial charge < -0.3 is 0 Å². The van der Waals surface area contributed by atoms with Crippen LogP contribution in [0.25, 0.3) is 27.2 Å². The molecule has 0 aliphatic rings. The summed E-state index contributed by atoms with van der Waals surface area (Å²) in [5.74, 6) is 0. The van der Waals surface area contributed by atoms with Gasteiger partial charge in [0.15, 0.2) is 0 Å². The van der Waals surface area contributed by atoms with Gasteiger partial charge in [-0.05, 0) is 49.2 Å². The Bertz CT molecular complexity index is 1300. The Morgan fingerprint density at radius 1 is 0.600 bits per heavy atom. The number of fused-ring (bicyclic) bond motifs is 2. The standard InChI is InChI=1S/C19H14N2O4/c1-9-4-10(2)6-11(5-9)21-18(24)14-7-12-13(8-15(14)19(21)25)17(23)20(3)16(12)22/h4-8H,1-3H3. The zero-order valence-corrected chi connectivity index (χ0v) is 13.9. The predicted octanol–water partition coefficient (Wildman–Crippen LogP) is 1.06. The van der Waals surface area contributed by atoms with Crippen molar-refractivity contribution < 1.29 is 0 Å². The normalized spacial score (nSPS) is 11.6. The van der Waals surface area contributed by atoms with Crippen molar-refractivity contribution in [2.75, 3.05) is 0 Å². The van der Waals surface area contributed by atoms with E-state index in [1.807, 2.05) is 19.9 Å². The van der Waals surface area contributed by atoms with E-state index < -0.39 is 22.2 Å². The van der Waals surface area contributed by atoms with Crippen molar-refractivity contribution in [2.24, 2.45) is 7.05 Å². The zero-order valence-electron chi connectivity index (χ0n) is 13.9. The molecule has 4 rings (SSSR count). The SMILES string of the molecule is Cc1cc(C)cc(-n2c(=O)c3cc4c(=O)n(C)c(=O)c4cc3c2=O)c1. The summed E-state index contributed by atoms with van der Waals surface area (Å²) in [6.45, 7) is 3.77. The quantitative estimate of drug-likeness (QED) is 0.521. The van der Waals surface area contributed by atoms with E-state index in [2.05, 4.69) is 0 Å². The predicted molar refractivity (Wildman–Crippen MR) is 96.7 cm³/mol. The van der Waals surface area contributed by atoms with Gasteiger partial charge >= 0.3 is 0 Å². The largest absolute Gasteiger partial charge is 0.277 e. The molecule has 0 aliphatic carbocycles. The number of hydrogen-bond donors (Lipinski definition) is 0. The molecule has 0 spiro atoms. The molecule has 0 radical (unpaired) electrons. The van der Waals surface area contributed by atoms with Crippen LogP contribution in [0.3, 0.4) is 0 Å². The summed E-state index contributed by atoms with van der Waals surface area (Å²) >= 11 is 0. The maximum atomic E-state index is 12.8. The van der Waals surface area contributed by atoms with Crippen molar-refractivity contribution in [1.82, 2.24) is 9.13 Å². The summed E-state index contributed by atoms with van der Waals surface area (Å²) in [7, 11) is 1.38. The Labute approximate surface area is 140 Å². The highest BCUT2D eigenvalue weighted by Gasteiger charge is 2.19. The van der Waals surface area contributed by atoms with Crippen LogP contribution in [-0.2, 0) is 7.05 Å². The number of benzene rings is 2. The van der Waals surface area contributed by atoms with E-state index in [1.54, 1.807) is 12.1 Å². The van der Waals surface area contributed by atoms with Gasteiger partial charge in [-0.15, -0.1) is 0 Å². The van der Waals surface area contributed by atoms with Crippen LogP contribution in [0.15, 0.2) is 49.5 Å². The molecule has 124 valence electrons. The number of rotatable bonds is 1. The number of aromatic nitrogens is 2. The van der Waals surface area contributed by atoms with E-state index in [-0.39, 0.29) is 21.5 Å². The Morgan fingerprint density at radius 3 is 1.44 bits per heavy atom. The fourth-order valence-corrected chi connectivity index (χ4v) is 3.41. The molecule has 2 aromatic heterocycles. The third-order valence-corrected chi connectivity index (χ3v) is 4.56. The second-order valence-electron chi connectivity index (χ2n) is 6.40. The van der Waals surface area contributed by atoms with Crippen molar-refractivity contribution in [3.8, 4) is 5.69 Å². The molecule has 2 aromatic carbocycles. The average Bonchev–Trinajstić information content (AvgIpc) is 2.92. The molecule has 6 nitrogen and oxygen atoms in total. The number of nitrogens with zero attached hydrogens (tertiary/aromatic N) is 2. The lowest BCUT2D eigenvalue weighted by Gasteiger charge is -2.04. The summed E-state index contributed by atoms with van der Waals surface area (Å²) in [5.41, 5.74) is 0.451. The van der Waals surface area contributed by atoms with Crippen molar-refractivity contribution >= 4 is 21.5 Å². The van der Waals surface area contributed by atoms with Gasteiger partial charge in [-0.25, -0.2) is 4.57 Å². The van der Waals surface area contributed by atoms with Crippen molar-refractivity contribution in [1.29, 1.82) is 0 Å². The van der Waals surface area contributed by atoms with Crippen LogP contribution in [0.4, 0.5) is 0 Å². The van der Waals surface area contributed by atoms with Gasteiger partial charge in [0, 0.05) is 7.05 Å². The van der Waals surface area contributed by atoms with Gasteiger partial charge in [0.1, 0.15) is 0 Å². The first-order valence-electron chi connectivity index (χ1n) is 7.77. The highest BCUT2D eigenvalue weighted by molar-refractivity contribution is 5.98. The molecule has 0 bridgehead atoms. The fraction of sp³-hybridized carbons (Fsp3) is 0.158. The van der Waals surface area contributed by atoms with E-state index in [9.17, 15) is 19.2 Å². The molecular weight excluding hydrogens is 320 g/mol. The minimum atomic E-state index is -0.484. The molecule has 0 aliphatic heterocycles. The summed E-state index contributed by atoms with van der Waals surface area (Å²) in [6, 6.07) is 8.18. The Hall–Kier alpha value is -3.28. The molecule has 0 fully saturated rings. The van der Waals surface area contributed by atoms with Crippen molar-refractivity contribution in [3.05, 3.63) is 82.9 Å². The molecule has 0 atom stereocenters. The van der Waals surface area contributed by atoms with Crippen LogP contribution in [0.1, 0.15) is 11.1 Å². The van der Waals surface area contributed by atoms with E-state index in [4.69, 9.17) is 0 Å². The molecule has 0 amide bonds. The first-order valence-corrected chi connectivity index (χ1v) is 7.77. The summed E-state index contributed by atoms with van der Waals surface area (Å²) in [5, 5.41) is 0.628. The summed E-state index contributed by atoms with van der Waals surface area (Å²) in [4.78, 5) is 49.9. The van der Waals surface area contributed by atoms with Gasteiger partial charge in [0.2, 0.25) is 0 Å². The third kappa shape index (κ3) is 1.97. The Balaban J connectivity index is 2.19. The molecule has 0 saturated carbocycles. The lowest BCUT2D eigenvalue weighted by molar-refractivity contribution is 0.856. The van der Waals surface area contributed by atoms with Gasteiger partial charge in [-0.3, -0.25) is 23.7 Å². The van der Waals surface area contributed by atoms with Gasteiger partial charge in [-0.1, -0.05) is 6.07 Å². The van der Waals surface area contributed by atoms with Crippen LogP contribution in [0, 0.1) is 13.8 Å². The summed E-state index contributed by atoms with van der Waals surface area (Å²) in [6.07, 6.45) is 0. The molecule has 6 heteroatoms. The Kier molecular flexibility index (Phi) is 2.97. The van der Waals surface area contributed by atoms with Crippen LogP contribution in [0.2, 0.25) is 0 Å². The van der Waals surface area contributed by atoms with Crippen LogP contribution >= 0.6 is 0 Å². The lowest BCUT2D eigenvalue weighted by Crippen LogP contribution is -2.23. The maximum Gasteiger partial charge on any atom is 0.266 e. The van der Waals surface area contributed by atoms with E-state index in [1.165, 1.54) is 19.2 Å². The summed E-state index contributed by atoms with van der Waals surface area (Å²) < 4.78 is 2.08. The molecule has 25 heavy (non-hydrogen) atoms. The molecule has 0 N–H and O–H groups in total. The minimum Gasteiger partial charge on any atom is -0.277 e. The number of aryl methyl sites for hydroxylation is 2. The highest BCUT2D eigenvalue weighted by atomic mass is 16.2. The maximum absolute atomic E-state index is 12.8. The first-order chi connectivity index (χ1) is 11.8. The monoisotopic (exact) mass is 334 g/mol. The molecular formula is C19H14N2O4. The second kappa shape index (κ2) is 4.86. The van der Waals surface area contributed by atoms with E-state index in [0.717, 1.165) is 20.3 Å².